The minimum atomic E-state index is -0.645. The Morgan fingerprint density at radius 1 is 1.04 bits per heavy atom. The molecular weight excluding hydrogens is 352 g/mol. The Morgan fingerprint density at radius 2 is 1.81 bits per heavy atom. The van der Waals surface area contributed by atoms with E-state index in [-0.39, 0.29) is 12.2 Å². The van der Waals surface area contributed by atoms with Gasteiger partial charge in [-0.3, -0.25) is 4.79 Å². The zero-order valence-electron chi connectivity index (χ0n) is 15.2. The molecular formula is C19H22N2O6. The van der Waals surface area contributed by atoms with Crippen LogP contribution in [-0.4, -0.2) is 51.0 Å². The van der Waals surface area contributed by atoms with Crippen LogP contribution in [0.2, 0.25) is 0 Å². The number of hydrogen-bond acceptors (Lipinski definition) is 7. The van der Waals surface area contributed by atoms with E-state index in [1.165, 1.54) is 14.2 Å². The standard InChI is InChI=1S/C19H22N2O6/c1-25-13-7-8-16(17(11-13)26-2)21-18(23)12-27-19(24)14-5-3-4-6-15(14)20-9-10-22/h3-8,11,20,22H,9-10,12H2,1-2H3,(H,21,23). The summed E-state index contributed by atoms with van der Waals surface area (Å²) in [4.78, 5) is 24.4. The van der Waals surface area contributed by atoms with Gasteiger partial charge in [-0.15, -0.1) is 0 Å². The Morgan fingerprint density at radius 3 is 2.52 bits per heavy atom. The van der Waals surface area contributed by atoms with Crippen molar-refractivity contribution in [1.29, 1.82) is 0 Å². The van der Waals surface area contributed by atoms with Gasteiger partial charge in [-0.2, -0.15) is 0 Å². The Hall–Kier alpha value is -3.26. The van der Waals surface area contributed by atoms with Crippen molar-refractivity contribution < 1.29 is 28.9 Å². The molecule has 0 saturated heterocycles. The van der Waals surface area contributed by atoms with E-state index in [0.29, 0.717) is 29.4 Å². The molecule has 0 unspecified atom stereocenters. The van der Waals surface area contributed by atoms with Gasteiger partial charge in [0.2, 0.25) is 0 Å². The summed E-state index contributed by atoms with van der Waals surface area (Å²) in [5.41, 5.74) is 1.24. The number of methoxy groups -OCH3 is 2. The minimum absolute atomic E-state index is 0.0739. The number of aliphatic hydroxyl groups is 1. The van der Waals surface area contributed by atoms with Crippen LogP contribution in [0, 0.1) is 0 Å². The van der Waals surface area contributed by atoms with Crippen LogP contribution in [0.3, 0.4) is 0 Å². The molecule has 27 heavy (non-hydrogen) atoms. The maximum Gasteiger partial charge on any atom is 0.340 e. The predicted octanol–water partition coefficient (Wildman–Crippen LogP) is 1.90. The normalized spacial score (nSPS) is 10.0. The summed E-state index contributed by atoms with van der Waals surface area (Å²) in [6.07, 6.45) is 0. The molecule has 2 aromatic carbocycles. The molecule has 0 aliphatic carbocycles. The Kier molecular flexibility index (Phi) is 7.45. The topological polar surface area (TPSA) is 106 Å². The largest absolute Gasteiger partial charge is 0.497 e. The summed E-state index contributed by atoms with van der Waals surface area (Å²) >= 11 is 0. The summed E-state index contributed by atoms with van der Waals surface area (Å²) in [5.74, 6) is -0.142. The quantitative estimate of drug-likeness (QED) is 0.576. The number of para-hydroxylation sites is 1. The van der Waals surface area contributed by atoms with Gasteiger partial charge in [0.05, 0.1) is 32.1 Å². The van der Waals surface area contributed by atoms with Crippen molar-refractivity contribution in [3.05, 3.63) is 48.0 Å². The number of benzene rings is 2. The first-order valence-corrected chi connectivity index (χ1v) is 8.21. The smallest absolute Gasteiger partial charge is 0.340 e. The third-order valence-corrected chi connectivity index (χ3v) is 3.59. The number of esters is 1. The van der Waals surface area contributed by atoms with Crippen molar-refractivity contribution in [1.82, 2.24) is 0 Å². The first-order valence-electron chi connectivity index (χ1n) is 8.21. The monoisotopic (exact) mass is 374 g/mol. The molecule has 0 aromatic heterocycles. The van der Waals surface area contributed by atoms with Crippen molar-refractivity contribution in [3.63, 3.8) is 0 Å². The number of anilines is 2. The van der Waals surface area contributed by atoms with Crippen LogP contribution in [0.4, 0.5) is 11.4 Å². The summed E-state index contributed by atoms with van der Waals surface area (Å²) in [5, 5.41) is 14.4. The molecule has 0 aliphatic heterocycles. The van der Waals surface area contributed by atoms with Gasteiger partial charge in [0, 0.05) is 18.3 Å². The van der Waals surface area contributed by atoms with E-state index >= 15 is 0 Å². The molecule has 8 nitrogen and oxygen atoms in total. The van der Waals surface area contributed by atoms with Crippen molar-refractivity contribution >= 4 is 23.3 Å². The van der Waals surface area contributed by atoms with E-state index in [9.17, 15) is 9.59 Å². The van der Waals surface area contributed by atoms with E-state index in [2.05, 4.69) is 10.6 Å². The van der Waals surface area contributed by atoms with E-state index in [4.69, 9.17) is 19.3 Å². The fourth-order valence-corrected chi connectivity index (χ4v) is 2.30. The molecule has 0 bridgehead atoms. The first-order chi connectivity index (χ1) is 13.1. The second-order valence-corrected chi connectivity index (χ2v) is 5.39. The number of carbonyl (C=O) groups is 2. The third-order valence-electron chi connectivity index (χ3n) is 3.59. The van der Waals surface area contributed by atoms with Gasteiger partial charge in [0.1, 0.15) is 11.5 Å². The number of carbonyl (C=O) groups excluding carboxylic acids is 2. The summed E-state index contributed by atoms with van der Waals surface area (Å²) in [6.45, 7) is -0.236. The molecule has 0 aliphatic rings. The Labute approximate surface area is 157 Å². The molecule has 0 atom stereocenters. The Balaban J connectivity index is 1.97. The first kappa shape index (κ1) is 20.1. The van der Waals surface area contributed by atoms with Gasteiger partial charge in [-0.05, 0) is 24.3 Å². The van der Waals surface area contributed by atoms with Gasteiger partial charge in [0.25, 0.3) is 5.91 Å². The lowest BCUT2D eigenvalue weighted by Crippen LogP contribution is -2.22. The van der Waals surface area contributed by atoms with Crippen molar-refractivity contribution in [2.24, 2.45) is 0 Å². The average Bonchev–Trinajstić information content (AvgIpc) is 2.70. The van der Waals surface area contributed by atoms with Gasteiger partial charge in [-0.1, -0.05) is 12.1 Å². The van der Waals surface area contributed by atoms with Gasteiger partial charge in [-0.25, -0.2) is 4.79 Å². The van der Waals surface area contributed by atoms with E-state index in [1.807, 2.05) is 0 Å². The zero-order chi connectivity index (χ0) is 19.6. The third kappa shape index (κ3) is 5.61. The number of amides is 1. The molecule has 0 saturated carbocycles. The molecule has 144 valence electrons. The maximum atomic E-state index is 12.2. The van der Waals surface area contributed by atoms with Crippen LogP contribution < -0.4 is 20.1 Å². The molecule has 2 rings (SSSR count). The van der Waals surface area contributed by atoms with Crippen LogP contribution in [0.25, 0.3) is 0 Å². The number of ether oxygens (including phenoxy) is 3. The van der Waals surface area contributed by atoms with Gasteiger partial charge in [0.15, 0.2) is 6.61 Å². The van der Waals surface area contributed by atoms with Gasteiger partial charge < -0.3 is 30.0 Å². The summed E-state index contributed by atoms with van der Waals surface area (Å²) in [7, 11) is 3.00. The van der Waals surface area contributed by atoms with Crippen molar-refractivity contribution in [2.75, 3.05) is 44.6 Å². The van der Waals surface area contributed by atoms with Crippen LogP contribution in [0.1, 0.15) is 10.4 Å². The van der Waals surface area contributed by atoms with Crippen molar-refractivity contribution in [3.8, 4) is 11.5 Å². The second-order valence-electron chi connectivity index (χ2n) is 5.39. The lowest BCUT2D eigenvalue weighted by atomic mass is 10.2. The highest BCUT2D eigenvalue weighted by atomic mass is 16.5. The van der Waals surface area contributed by atoms with Crippen LogP contribution in [-0.2, 0) is 9.53 Å². The lowest BCUT2D eigenvalue weighted by molar-refractivity contribution is -0.119. The molecule has 0 spiro atoms. The minimum Gasteiger partial charge on any atom is -0.497 e. The van der Waals surface area contributed by atoms with Gasteiger partial charge >= 0.3 is 5.97 Å². The van der Waals surface area contributed by atoms with E-state index < -0.39 is 18.5 Å². The van der Waals surface area contributed by atoms with Crippen LogP contribution in [0.5, 0.6) is 11.5 Å². The highest BCUT2D eigenvalue weighted by Gasteiger charge is 2.15. The summed E-state index contributed by atoms with van der Waals surface area (Å²) in [6, 6.07) is 11.6. The fraction of sp³-hybridized carbons (Fsp3) is 0.263. The second kappa shape index (κ2) is 10.0. The zero-order valence-corrected chi connectivity index (χ0v) is 15.2. The Bertz CT molecular complexity index is 794. The lowest BCUT2D eigenvalue weighted by Gasteiger charge is -2.13. The fourth-order valence-electron chi connectivity index (χ4n) is 2.30. The molecule has 1 amide bonds. The summed E-state index contributed by atoms with van der Waals surface area (Å²) < 4.78 is 15.4. The number of hydrogen-bond donors (Lipinski definition) is 3. The average molecular weight is 374 g/mol. The molecule has 0 heterocycles. The van der Waals surface area contributed by atoms with Crippen LogP contribution >= 0.6 is 0 Å². The molecule has 8 heteroatoms. The predicted molar refractivity (Wildman–Crippen MR) is 100 cm³/mol. The highest BCUT2D eigenvalue weighted by Crippen LogP contribution is 2.28. The highest BCUT2D eigenvalue weighted by molar-refractivity contribution is 5.99. The maximum absolute atomic E-state index is 12.2. The number of rotatable bonds is 9. The molecule has 2 aromatic rings. The van der Waals surface area contributed by atoms with E-state index in [0.717, 1.165) is 0 Å². The SMILES string of the molecule is COc1ccc(NC(=O)COC(=O)c2ccccc2NCCO)c(OC)c1. The number of aliphatic hydroxyl groups excluding tert-OH is 1. The van der Waals surface area contributed by atoms with Crippen LogP contribution in [0.15, 0.2) is 42.5 Å². The van der Waals surface area contributed by atoms with E-state index in [1.54, 1.807) is 42.5 Å². The van der Waals surface area contributed by atoms with Crippen molar-refractivity contribution in [2.45, 2.75) is 0 Å². The molecule has 0 fully saturated rings. The molecule has 0 radical (unpaired) electrons. The number of nitrogens with one attached hydrogen (secondary N) is 2. The molecule has 3 N–H and O–H groups in total.